The summed E-state index contributed by atoms with van der Waals surface area (Å²) in [5.41, 5.74) is 1.74. The van der Waals surface area contributed by atoms with Crippen molar-refractivity contribution in [3.8, 4) is 5.88 Å². The number of Topliss-reactive ketones (excluding diaryl/α,β-unsaturated/α-hetero) is 1. The summed E-state index contributed by atoms with van der Waals surface area (Å²) in [6.45, 7) is 3.80. The molecule has 0 fully saturated rings. The Bertz CT molecular complexity index is 635. The summed E-state index contributed by atoms with van der Waals surface area (Å²) < 4.78 is 6.04. The molecule has 0 saturated carbocycles. The highest BCUT2D eigenvalue weighted by Gasteiger charge is 2.16. The van der Waals surface area contributed by atoms with E-state index < -0.39 is 0 Å². The van der Waals surface area contributed by atoms with Crippen LogP contribution in [0.3, 0.4) is 0 Å². The zero-order chi connectivity index (χ0) is 15.9. The minimum atomic E-state index is 0.0740. The number of benzene rings is 1. The maximum Gasteiger partial charge on any atom is 0.212 e. The van der Waals surface area contributed by atoms with E-state index in [0.29, 0.717) is 17.9 Å². The van der Waals surface area contributed by atoms with Crippen LogP contribution in [0.4, 0.5) is 0 Å². The Balaban J connectivity index is 2.14. The second-order valence-electron chi connectivity index (χ2n) is 4.99. The molecule has 0 radical (unpaired) electrons. The summed E-state index contributed by atoms with van der Waals surface area (Å²) >= 11 is 3.43. The number of pyridine rings is 1. The lowest BCUT2D eigenvalue weighted by Crippen LogP contribution is -2.08. The topological polar surface area (TPSA) is 39.2 Å². The molecule has 1 aromatic heterocycles. The van der Waals surface area contributed by atoms with E-state index in [0.717, 1.165) is 16.5 Å². The van der Waals surface area contributed by atoms with Gasteiger partial charge in [0.15, 0.2) is 5.78 Å². The monoisotopic (exact) mass is 359 g/mol. The van der Waals surface area contributed by atoms with E-state index in [9.17, 15) is 4.79 Å². The average molecular weight is 360 g/mol. The van der Waals surface area contributed by atoms with Gasteiger partial charge in [-0.25, -0.2) is 4.98 Å². The van der Waals surface area contributed by atoms with E-state index >= 15 is 0 Å². The zero-order valence-electron chi connectivity index (χ0n) is 12.5. The Kier molecular flexibility index (Phi) is 5.90. The van der Waals surface area contributed by atoms with Gasteiger partial charge >= 0.3 is 0 Å². The van der Waals surface area contributed by atoms with Crippen molar-refractivity contribution in [2.75, 3.05) is 7.11 Å². The third kappa shape index (κ3) is 4.28. The largest absolute Gasteiger partial charge is 0.481 e. The summed E-state index contributed by atoms with van der Waals surface area (Å²) in [7, 11) is 1.55. The average Bonchev–Trinajstić information content (AvgIpc) is 2.55. The number of hydrogen-bond acceptors (Lipinski definition) is 3. The van der Waals surface area contributed by atoms with Crippen molar-refractivity contribution >= 4 is 21.7 Å². The molecule has 1 heterocycles. The van der Waals surface area contributed by atoms with Crippen LogP contribution in [0, 0.1) is 0 Å². The van der Waals surface area contributed by atoms with Crippen LogP contribution >= 0.6 is 15.9 Å². The third-order valence-electron chi connectivity index (χ3n) is 3.49. The molecule has 0 aliphatic carbocycles. The van der Waals surface area contributed by atoms with Crippen LogP contribution in [0.1, 0.15) is 34.7 Å². The quantitative estimate of drug-likeness (QED) is 0.527. The Hall–Kier alpha value is -1.94. The molecule has 1 atom stereocenters. The number of halogens is 1. The number of methoxy groups -OCH3 is 1. The van der Waals surface area contributed by atoms with Crippen LogP contribution in [-0.4, -0.2) is 17.9 Å². The van der Waals surface area contributed by atoms with Gasteiger partial charge in [-0.1, -0.05) is 34.1 Å². The predicted molar refractivity (Wildman–Crippen MR) is 91.4 cm³/mol. The number of rotatable bonds is 7. The first-order chi connectivity index (χ1) is 10.6. The lowest BCUT2D eigenvalue weighted by molar-refractivity contribution is 0.0973. The third-order valence-corrected chi connectivity index (χ3v) is 4.02. The molecule has 0 aliphatic rings. The van der Waals surface area contributed by atoms with Crippen molar-refractivity contribution in [1.82, 2.24) is 4.98 Å². The molecule has 0 spiro atoms. The summed E-state index contributed by atoms with van der Waals surface area (Å²) in [6.07, 6.45) is 4.61. The summed E-state index contributed by atoms with van der Waals surface area (Å²) in [5.74, 6) is 0.706. The van der Waals surface area contributed by atoms with E-state index in [1.807, 2.05) is 30.3 Å². The zero-order valence-corrected chi connectivity index (χ0v) is 14.0. The summed E-state index contributed by atoms with van der Waals surface area (Å²) in [6, 6.07) is 11.5. The fourth-order valence-corrected chi connectivity index (χ4v) is 2.55. The van der Waals surface area contributed by atoms with Crippen molar-refractivity contribution in [2.45, 2.75) is 18.8 Å². The van der Waals surface area contributed by atoms with Crippen LogP contribution in [0.25, 0.3) is 0 Å². The number of hydrogen-bond donors (Lipinski definition) is 0. The van der Waals surface area contributed by atoms with E-state index in [1.54, 1.807) is 25.4 Å². The van der Waals surface area contributed by atoms with Gasteiger partial charge in [-0.2, -0.15) is 0 Å². The number of allylic oxidation sites excluding steroid dienone is 1. The molecular weight excluding hydrogens is 342 g/mol. The first-order valence-corrected chi connectivity index (χ1v) is 7.83. The minimum absolute atomic E-state index is 0.0740. The van der Waals surface area contributed by atoms with E-state index in [-0.39, 0.29) is 11.7 Å². The SMILES string of the molecule is C=CCC(CC(=O)c1ccc(OC)nc1)c1ccc(Br)cc1. The second-order valence-corrected chi connectivity index (χ2v) is 5.91. The molecule has 0 N–H and O–H groups in total. The highest BCUT2D eigenvalue weighted by atomic mass is 79.9. The Morgan fingerprint density at radius 1 is 1.32 bits per heavy atom. The molecule has 4 heteroatoms. The molecule has 0 amide bonds. The number of ether oxygens (including phenoxy) is 1. The highest BCUT2D eigenvalue weighted by Crippen LogP contribution is 2.27. The van der Waals surface area contributed by atoms with E-state index in [1.165, 1.54) is 0 Å². The molecule has 0 bridgehead atoms. The van der Waals surface area contributed by atoms with Crippen LogP contribution in [0.15, 0.2) is 59.7 Å². The van der Waals surface area contributed by atoms with Gasteiger partial charge in [-0.15, -0.1) is 6.58 Å². The lowest BCUT2D eigenvalue weighted by atomic mass is 9.89. The van der Waals surface area contributed by atoms with Gasteiger partial charge in [0, 0.05) is 28.7 Å². The van der Waals surface area contributed by atoms with E-state index in [2.05, 4.69) is 27.5 Å². The predicted octanol–water partition coefficient (Wildman–Crippen LogP) is 4.79. The van der Waals surface area contributed by atoms with Gasteiger partial charge in [0.2, 0.25) is 5.88 Å². The van der Waals surface area contributed by atoms with Crippen LogP contribution in [0.2, 0.25) is 0 Å². The van der Waals surface area contributed by atoms with Crippen molar-refractivity contribution in [3.05, 3.63) is 70.8 Å². The smallest absolute Gasteiger partial charge is 0.212 e. The maximum atomic E-state index is 12.4. The van der Waals surface area contributed by atoms with Gasteiger partial charge < -0.3 is 4.74 Å². The molecular formula is C18H18BrNO2. The number of aromatic nitrogens is 1. The number of carbonyl (C=O) groups excluding carboxylic acids is 1. The van der Waals surface area contributed by atoms with Crippen molar-refractivity contribution in [1.29, 1.82) is 0 Å². The molecule has 0 saturated heterocycles. The van der Waals surface area contributed by atoms with Gasteiger partial charge in [-0.05, 0) is 36.1 Å². The molecule has 3 nitrogen and oxygen atoms in total. The first-order valence-electron chi connectivity index (χ1n) is 7.03. The standard InChI is InChI=1S/C18H18BrNO2/c1-3-4-14(13-5-8-16(19)9-6-13)11-17(21)15-7-10-18(22-2)20-12-15/h3,5-10,12,14H,1,4,11H2,2H3. The normalized spacial score (nSPS) is 11.7. The number of ketones is 1. The molecule has 22 heavy (non-hydrogen) atoms. The van der Waals surface area contributed by atoms with E-state index in [4.69, 9.17) is 4.74 Å². The molecule has 1 unspecified atom stereocenters. The lowest BCUT2D eigenvalue weighted by Gasteiger charge is -2.15. The highest BCUT2D eigenvalue weighted by molar-refractivity contribution is 9.10. The second kappa shape index (κ2) is 7.90. The Morgan fingerprint density at radius 2 is 2.05 bits per heavy atom. The van der Waals surface area contributed by atoms with Crippen molar-refractivity contribution < 1.29 is 9.53 Å². The number of nitrogens with zero attached hydrogens (tertiary/aromatic N) is 1. The molecule has 114 valence electrons. The Labute approximate surface area is 139 Å². The molecule has 0 aliphatic heterocycles. The van der Waals surface area contributed by atoms with Crippen LogP contribution in [-0.2, 0) is 0 Å². The molecule has 2 rings (SSSR count). The molecule has 2 aromatic rings. The minimum Gasteiger partial charge on any atom is -0.481 e. The fraction of sp³-hybridized carbons (Fsp3) is 0.222. The van der Waals surface area contributed by atoms with Gasteiger partial charge in [-0.3, -0.25) is 4.79 Å². The fourth-order valence-electron chi connectivity index (χ4n) is 2.28. The summed E-state index contributed by atoms with van der Waals surface area (Å²) in [5, 5.41) is 0. The van der Waals surface area contributed by atoms with Crippen LogP contribution < -0.4 is 4.74 Å². The van der Waals surface area contributed by atoms with Crippen LogP contribution in [0.5, 0.6) is 5.88 Å². The van der Waals surface area contributed by atoms with Crippen molar-refractivity contribution in [2.24, 2.45) is 0 Å². The Morgan fingerprint density at radius 3 is 2.59 bits per heavy atom. The van der Waals surface area contributed by atoms with Gasteiger partial charge in [0.1, 0.15) is 0 Å². The maximum absolute atomic E-state index is 12.4. The van der Waals surface area contributed by atoms with Gasteiger partial charge in [0.05, 0.1) is 7.11 Å². The van der Waals surface area contributed by atoms with Crippen molar-refractivity contribution in [3.63, 3.8) is 0 Å². The first kappa shape index (κ1) is 16.4. The summed E-state index contributed by atoms with van der Waals surface area (Å²) in [4.78, 5) is 16.5. The van der Waals surface area contributed by atoms with Gasteiger partial charge in [0.25, 0.3) is 0 Å². The molecule has 1 aromatic carbocycles. The number of carbonyl (C=O) groups is 1.